The number of anilines is 1. The first kappa shape index (κ1) is 15.1. The maximum Gasteiger partial charge on any atom is 0.240 e. The van der Waals surface area contributed by atoms with Crippen LogP contribution >= 0.6 is 11.3 Å². The van der Waals surface area contributed by atoms with Crippen LogP contribution in [0.5, 0.6) is 0 Å². The predicted molar refractivity (Wildman–Crippen MR) is 92.4 cm³/mol. The molecular formula is C18H22N2OS. The first-order valence-corrected chi connectivity index (χ1v) is 8.70. The van der Waals surface area contributed by atoms with E-state index in [2.05, 4.69) is 47.5 Å². The molecule has 4 heteroatoms. The van der Waals surface area contributed by atoms with Crippen molar-refractivity contribution in [1.29, 1.82) is 0 Å². The highest BCUT2D eigenvalue weighted by Crippen LogP contribution is 2.30. The maximum absolute atomic E-state index is 12.4. The maximum atomic E-state index is 12.4. The fourth-order valence-electron chi connectivity index (χ4n) is 3.05. The van der Waals surface area contributed by atoms with Gasteiger partial charge in [0.05, 0.1) is 12.6 Å². The van der Waals surface area contributed by atoms with E-state index in [9.17, 15) is 4.79 Å². The minimum Gasteiger partial charge on any atom is -0.359 e. The average molecular weight is 314 g/mol. The predicted octanol–water partition coefficient (Wildman–Crippen LogP) is 3.77. The van der Waals surface area contributed by atoms with Crippen molar-refractivity contribution < 1.29 is 4.79 Å². The third kappa shape index (κ3) is 3.17. The molecule has 0 radical (unpaired) electrons. The Bertz CT molecular complexity index is 638. The van der Waals surface area contributed by atoms with Crippen LogP contribution in [0.25, 0.3) is 0 Å². The van der Waals surface area contributed by atoms with Gasteiger partial charge >= 0.3 is 0 Å². The Morgan fingerprint density at radius 2 is 2.18 bits per heavy atom. The molecular weight excluding hydrogens is 292 g/mol. The van der Waals surface area contributed by atoms with Crippen LogP contribution in [0.15, 0.2) is 41.8 Å². The molecule has 1 amide bonds. The molecule has 2 atom stereocenters. The number of nitrogens with one attached hydrogen (secondary N) is 1. The number of aryl methyl sites for hydroxylation is 1. The number of rotatable bonds is 4. The summed E-state index contributed by atoms with van der Waals surface area (Å²) >= 11 is 1.68. The molecule has 0 fully saturated rings. The number of benzene rings is 1. The van der Waals surface area contributed by atoms with E-state index < -0.39 is 0 Å². The lowest BCUT2D eigenvalue weighted by atomic mass is 9.96. The third-order valence-corrected chi connectivity index (χ3v) is 5.38. The second-order valence-electron chi connectivity index (χ2n) is 5.95. The number of fused-ring (bicyclic) bond motifs is 1. The smallest absolute Gasteiger partial charge is 0.240 e. The molecule has 0 saturated heterocycles. The summed E-state index contributed by atoms with van der Waals surface area (Å²) in [5.74, 6) is 0.0875. The highest BCUT2D eigenvalue weighted by Gasteiger charge is 2.25. The summed E-state index contributed by atoms with van der Waals surface area (Å²) in [6.07, 6.45) is 2.20. The average Bonchev–Trinajstić information content (AvgIpc) is 3.04. The number of para-hydroxylation sites is 1. The van der Waals surface area contributed by atoms with E-state index >= 15 is 0 Å². The van der Waals surface area contributed by atoms with Gasteiger partial charge in [0.1, 0.15) is 0 Å². The van der Waals surface area contributed by atoms with Crippen LogP contribution in [0.4, 0.5) is 5.69 Å². The third-order valence-electron chi connectivity index (χ3n) is 4.33. The molecule has 0 unspecified atom stereocenters. The number of amides is 1. The highest BCUT2D eigenvalue weighted by atomic mass is 32.1. The number of thiophene rings is 1. The molecule has 3 rings (SSSR count). The number of hydrogen-bond donors (Lipinski definition) is 1. The Hall–Kier alpha value is -1.81. The largest absolute Gasteiger partial charge is 0.359 e. The number of nitrogens with zero attached hydrogens (tertiary/aromatic N) is 1. The molecule has 1 aliphatic rings. The van der Waals surface area contributed by atoms with Crippen molar-refractivity contribution in [3.8, 4) is 0 Å². The molecule has 0 spiro atoms. The van der Waals surface area contributed by atoms with Gasteiger partial charge < -0.3 is 10.2 Å². The topological polar surface area (TPSA) is 32.3 Å². The van der Waals surface area contributed by atoms with Gasteiger partial charge in [-0.3, -0.25) is 4.79 Å². The van der Waals surface area contributed by atoms with Crippen molar-refractivity contribution in [2.45, 2.75) is 38.8 Å². The Labute approximate surface area is 136 Å². The second-order valence-corrected chi connectivity index (χ2v) is 6.93. The zero-order chi connectivity index (χ0) is 15.5. The molecule has 1 aromatic heterocycles. The van der Waals surface area contributed by atoms with Crippen molar-refractivity contribution in [2.24, 2.45) is 0 Å². The molecule has 1 aromatic carbocycles. The summed E-state index contributed by atoms with van der Waals surface area (Å²) in [5, 5.41) is 5.15. The minimum atomic E-state index is 0.0721. The molecule has 22 heavy (non-hydrogen) atoms. The molecule has 2 aromatic rings. The Kier molecular flexibility index (Phi) is 4.48. The SMILES string of the molecule is C[C@H](NC(=O)CN1c2ccccc2CC[C@H]1C)c1cccs1. The van der Waals surface area contributed by atoms with E-state index in [4.69, 9.17) is 0 Å². The summed E-state index contributed by atoms with van der Waals surface area (Å²) in [6.45, 7) is 4.66. The van der Waals surface area contributed by atoms with Crippen molar-refractivity contribution in [1.82, 2.24) is 5.32 Å². The highest BCUT2D eigenvalue weighted by molar-refractivity contribution is 7.10. The molecule has 0 bridgehead atoms. The lowest BCUT2D eigenvalue weighted by Crippen LogP contribution is -2.44. The number of carbonyl (C=O) groups is 1. The molecule has 3 nitrogen and oxygen atoms in total. The van der Waals surface area contributed by atoms with Crippen LogP contribution < -0.4 is 10.2 Å². The number of carbonyl (C=O) groups excluding carboxylic acids is 1. The summed E-state index contributed by atoms with van der Waals surface area (Å²) in [5.41, 5.74) is 2.56. The van der Waals surface area contributed by atoms with E-state index in [1.165, 1.54) is 16.1 Å². The van der Waals surface area contributed by atoms with E-state index in [-0.39, 0.29) is 11.9 Å². The summed E-state index contributed by atoms with van der Waals surface area (Å²) in [6, 6.07) is 13.0. The summed E-state index contributed by atoms with van der Waals surface area (Å²) in [4.78, 5) is 15.9. The van der Waals surface area contributed by atoms with Gasteiger partial charge in [-0.05, 0) is 49.8 Å². The fraction of sp³-hybridized carbons (Fsp3) is 0.389. The van der Waals surface area contributed by atoms with E-state index in [1.54, 1.807) is 11.3 Å². The Morgan fingerprint density at radius 3 is 2.95 bits per heavy atom. The summed E-state index contributed by atoms with van der Waals surface area (Å²) < 4.78 is 0. The van der Waals surface area contributed by atoms with Crippen molar-refractivity contribution in [2.75, 3.05) is 11.4 Å². The zero-order valence-corrected chi connectivity index (χ0v) is 13.9. The molecule has 2 heterocycles. The lowest BCUT2D eigenvalue weighted by molar-refractivity contribution is -0.120. The molecule has 0 aliphatic carbocycles. The van der Waals surface area contributed by atoms with Gasteiger partial charge in [0.15, 0.2) is 0 Å². The van der Waals surface area contributed by atoms with Crippen LogP contribution in [0.1, 0.15) is 36.8 Å². The van der Waals surface area contributed by atoms with Crippen molar-refractivity contribution in [3.63, 3.8) is 0 Å². The van der Waals surface area contributed by atoms with Crippen LogP contribution in [0, 0.1) is 0 Å². The Morgan fingerprint density at radius 1 is 1.36 bits per heavy atom. The van der Waals surface area contributed by atoms with Crippen molar-refractivity contribution in [3.05, 3.63) is 52.2 Å². The second kappa shape index (κ2) is 6.53. The van der Waals surface area contributed by atoms with Crippen LogP contribution in [-0.2, 0) is 11.2 Å². The van der Waals surface area contributed by atoms with E-state index in [0.717, 1.165) is 12.8 Å². The van der Waals surface area contributed by atoms with Gasteiger partial charge in [0.25, 0.3) is 0 Å². The van der Waals surface area contributed by atoms with Gasteiger partial charge in [-0.25, -0.2) is 0 Å². The quantitative estimate of drug-likeness (QED) is 0.932. The molecule has 1 aliphatic heterocycles. The zero-order valence-electron chi connectivity index (χ0n) is 13.1. The van der Waals surface area contributed by atoms with E-state index in [0.29, 0.717) is 12.6 Å². The van der Waals surface area contributed by atoms with Crippen molar-refractivity contribution >= 4 is 22.9 Å². The van der Waals surface area contributed by atoms with E-state index in [1.807, 2.05) is 18.4 Å². The van der Waals surface area contributed by atoms with Gasteiger partial charge in [-0.2, -0.15) is 0 Å². The standard InChI is InChI=1S/C18H22N2OS/c1-13-9-10-15-6-3-4-7-16(15)20(13)12-18(21)19-14(2)17-8-5-11-22-17/h3-8,11,13-14H,9-10,12H2,1-2H3,(H,19,21)/t13-,14+/m1/s1. The van der Waals surface area contributed by atoms with Gasteiger partial charge in [-0.1, -0.05) is 24.3 Å². The van der Waals surface area contributed by atoms with Crippen LogP contribution in [-0.4, -0.2) is 18.5 Å². The lowest BCUT2D eigenvalue weighted by Gasteiger charge is -2.36. The first-order chi connectivity index (χ1) is 10.6. The van der Waals surface area contributed by atoms with Gasteiger partial charge in [0.2, 0.25) is 5.91 Å². The summed E-state index contributed by atoms with van der Waals surface area (Å²) in [7, 11) is 0. The number of hydrogen-bond acceptors (Lipinski definition) is 3. The monoisotopic (exact) mass is 314 g/mol. The van der Waals surface area contributed by atoms with Gasteiger partial charge in [0, 0.05) is 16.6 Å². The first-order valence-electron chi connectivity index (χ1n) is 7.82. The molecule has 1 N–H and O–H groups in total. The molecule has 0 saturated carbocycles. The fourth-order valence-corrected chi connectivity index (χ4v) is 3.79. The Balaban J connectivity index is 1.68. The van der Waals surface area contributed by atoms with Crippen LogP contribution in [0.3, 0.4) is 0 Å². The minimum absolute atomic E-state index is 0.0721. The molecule has 116 valence electrons. The van der Waals surface area contributed by atoms with Crippen LogP contribution in [0.2, 0.25) is 0 Å². The normalized spacial score (nSPS) is 18.6. The van der Waals surface area contributed by atoms with Gasteiger partial charge in [-0.15, -0.1) is 11.3 Å².